The second-order valence-electron chi connectivity index (χ2n) is 7.11. The van der Waals surface area contributed by atoms with Gasteiger partial charge >= 0.3 is 0 Å². The lowest BCUT2D eigenvalue weighted by molar-refractivity contribution is -0.119. The number of aromatic nitrogens is 1. The summed E-state index contributed by atoms with van der Waals surface area (Å²) in [6, 6.07) is 13.5. The van der Waals surface area contributed by atoms with E-state index in [2.05, 4.69) is 21.3 Å². The van der Waals surface area contributed by atoms with Crippen LogP contribution in [0.15, 0.2) is 36.4 Å². The predicted molar refractivity (Wildman–Crippen MR) is 110 cm³/mol. The SMILES string of the molecule is CCCOc1ccc(N2CC(Oc3ccc([C@H](C)NC(C)=O)cc3)C2)c(C#N)n1. The van der Waals surface area contributed by atoms with Gasteiger partial charge in [0, 0.05) is 13.0 Å². The fourth-order valence-electron chi connectivity index (χ4n) is 3.18. The summed E-state index contributed by atoms with van der Waals surface area (Å²) in [6.07, 6.45) is 0.944. The van der Waals surface area contributed by atoms with E-state index in [0.717, 1.165) is 23.4 Å². The average molecular weight is 394 g/mol. The van der Waals surface area contributed by atoms with Gasteiger partial charge in [-0.15, -0.1) is 0 Å². The van der Waals surface area contributed by atoms with Crippen molar-refractivity contribution >= 4 is 11.6 Å². The van der Waals surface area contributed by atoms with Crippen LogP contribution in [0.25, 0.3) is 0 Å². The van der Waals surface area contributed by atoms with Crippen LogP contribution in [0.3, 0.4) is 0 Å². The lowest BCUT2D eigenvalue weighted by Crippen LogP contribution is -2.54. The Hall–Kier alpha value is -3.27. The van der Waals surface area contributed by atoms with E-state index in [4.69, 9.17) is 9.47 Å². The third kappa shape index (κ3) is 5.17. The van der Waals surface area contributed by atoms with Crippen LogP contribution in [0.1, 0.15) is 44.5 Å². The van der Waals surface area contributed by atoms with Crippen LogP contribution in [0.2, 0.25) is 0 Å². The van der Waals surface area contributed by atoms with Crippen LogP contribution in [0.5, 0.6) is 11.6 Å². The molecule has 0 spiro atoms. The molecule has 1 fully saturated rings. The summed E-state index contributed by atoms with van der Waals surface area (Å²) in [6.45, 7) is 7.44. The minimum atomic E-state index is -0.0522. The Morgan fingerprint density at radius 3 is 2.66 bits per heavy atom. The van der Waals surface area contributed by atoms with Crippen molar-refractivity contribution in [3.8, 4) is 17.7 Å². The lowest BCUT2D eigenvalue weighted by Gasteiger charge is -2.40. The molecular formula is C22H26N4O3. The Bertz CT molecular complexity index is 886. The van der Waals surface area contributed by atoms with E-state index in [1.807, 2.05) is 44.2 Å². The zero-order valence-electron chi connectivity index (χ0n) is 17.0. The lowest BCUT2D eigenvalue weighted by atomic mass is 10.1. The van der Waals surface area contributed by atoms with E-state index >= 15 is 0 Å². The van der Waals surface area contributed by atoms with E-state index in [0.29, 0.717) is 31.3 Å². The second kappa shape index (κ2) is 9.28. The number of nitriles is 1. The highest BCUT2D eigenvalue weighted by molar-refractivity contribution is 5.73. The van der Waals surface area contributed by atoms with Crippen molar-refractivity contribution < 1.29 is 14.3 Å². The highest BCUT2D eigenvalue weighted by Crippen LogP contribution is 2.28. The molecule has 0 radical (unpaired) electrons. The summed E-state index contributed by atoms with van der Waals surface area (Å²) in [5, 5.41) is 12.3. The van der Waals surface area contributed by atoms with Crippen LogP contribution in [0.4, 0.5) is 5.69 Å². The number of nitrogens with zero attached hydrogens (tertiary/aromatic N) is 3. The van der Waals surface area contributed by atoms with Gasteiger partial charge in [0.05, 0.1) is 31.4 Å². The first kappa shape index (κ1) is 20.5. The second-order valence-corrected chi connectivity index (χ2v) is 7.11. The molecule has 0 aliphatic carbocycles. The average Bonchev–Trinajstić information content (AvgIpc) is 2.68. The molecule has 0 saturated carbocycles. The van der Waals surface area contributed by atoms with Crippen molar-refractivity contribution in [3.63, 3.8) is 0 Å². The van der Waals surface area contributed by atoms with E-state index in [-0.39, 0.29) is 18.1 Å². The van der Waals surface area contributed by atoms with Crippen molar-refractivity contribution in [2.24, 2.45) is 0 Å². The fraction of sp³-hybridized carbons (Fsp3) is 0.409. The van der Waals surface area contributed by atoms with Gasteiger partial charge in [-0.3, -0.25) is 4.79 Å². The van der Waals surface area contributed by atoms with E-state index in [1.54, 1.807) is 6.07 Å². The van der Waals surface area contributed by atoms with Crippen molar-refractivity contribution in [2.75, 3.05) is 24.6 Å². The van der Waals surface area contributed by atoms with Gasteiger partial charge in [0.15, 0.2) is 5.69 Å². The minimum Gasteiger partial charge on any atom is -0.487 e. The molecule has 1 N–H and O–H groups in total. The standard InChI is InChI=1S/C22H26N4O3/c1-4-11-28-22-10-9-21(20(12-23)25-22)26-13-19(14-26)29-18-7-5-17(6-8-18)15(2)24-16(3)27/h5-10,15,19H,4,11,13-14H2,1-3H3,(H,24,27)/t15-/m0/s1. The summed E-state index contributed by atoms with van der Waals surface area (Å²) < 4.78 is 11.5. The van der Waals surface area contributed by atoms with Gasteiger partial charge in [0.25, 0.3) is 0 Å². The summed E-state index contributed by atoms with van der Waals surface area (Å²) in [7, 11) is 0. The molecule has 7 nitrogen and oxygen atoms in total. The Labute approximate surface area is 171 Å². The first-order valence-corrected chi connectivity index (χ1v) is 9.82. The molecule has 1 aromatic heterocycles. The first-order valence-electron chi connectivity index (χ1n) is 9.82. The third-order valence-electron chi connectivity index (χ3n) is 4.70. The predicted octanol–water partition coefficient (Wildman–Crippen LogP) is 3.21. The summed E-state index contributed by atoms with van der Waals surface area (Å²) >= 11 is 0. The first-order chi connectivity index (χ1) is 14.0. The number of anilines is 1. The molecule has 2 aromatic rings. The number of carbonyl (C=O) groups is 1. The summed E-state index contributed by atoms with van der Waals surface area (Å²) in [4.78, 5) is 17.5. The molecule has 1 aromatic carbocycles. The van der Waals surface area contributed by atoms with Crippen LogP contribution in [-0.2, 0) is 4.79 Å². The Morgan fingerprint density at radius 1 is 1.31 bits per heavy atom. The molecule has 1 saturated heterocycles. The molecule has 1 amide bonds. The number of pyridine rings is 1. The molecule has 2 heterocycles. The number of rotatable bonds is 8. The highest BCUT2D eigenvalue weighted by atomic mass is 16.5. The minimum absolute atomic E-state index is 0.0399. The fourth-order valence-corrected chi connectivity index (χ4v) is 3.18. The number of hydrogen-bond acceptors (Lipinski definition) is 6. The number of carbonyl (C=O) groups excluding carboxylic acids is 1. The normalized spacial score (nSPS) is 14.5. The molecule has 0 bridgehead atoms. The number of hydrogen-bond donors (Lipinski definition) is 1. The van der Waals surface area contributed by atoms with Crippen molar-refractivity contribution in [3.05, 3.63) is 47.7 Å². The quantitative estimate of drug-likeness (QED) is 0.740. The van der Waals surface area contributed by atoms with Gasteiger partial charge in [-0.05, 0) is 37.1 Å². The van der Waals surface area contributed by atoms with Gasteiger partial charge in [-0.25, -0.2) is 4.98 Å². The van der Waals surface area contributed by atoms with Crippen LogP contribution in [0, 0.1) is 11.3 Å². The smallest absolute Gasteiger partial charge is 0.217 e. The molecule has 1 aliphatic heterocycles. The van der Waals surface area contributed by atoms with Gasteiger partial charge in [0.2, 0.25) is 11.8 Å². The van der Waals surface area contributed by atoms with Crippen molar-refractivity contribution in [1.82, 2.24) is 10.3 Å². The number of benzene rings is 1. The van der Waals surface area contributed by atoms with Crippen LogP contribution >= 0.6 is 0 Å². The highest BCUT2D eigenvalue weighted by Gasteiger charge is 2.30. The number of amides is 1. The number of nitrogens with one attached hydrogen (secondary N) is 1. The maximum atomic E-state index is 11.2. The number of ether oxygens (including phenoxy) is 2. The van der Waals surface area contributed by atoms with E-state index in [9.17, 15) is 10.1 Å². The molecule has 7 heteroatoms. The maximum absolute atomic E-state index is 11.2. The molecule has 29 heavy (non-hydrogen) atoms. The topological polar surface area (TPSA) is 87.5 Å². The molecule has 3 rings (SSSR count). The van der Waals surface area contributed by atoms with Crippen molar-refractivity contribution in [1.29, 1.82) is 5.26 Å². The molecule has 0 unspecified atom stereocenters. The molecule has 1 aliphatic rings. The van der Waals surface area contributed by atoms with Gasteiger partial charge < -0.3 is 19.7 Å². The molecule has 152 valence electrons. The van der Waals surface area contributed by atoms with Gasteiger partial charge in [-0.2, -0.15) is 5.26 Å². The Balaban J connectivity index is 1.55. The van der Waals surface area contributed by atoms with E-state index < -0.39 is 0 Å². The molecule has 1 atom stereocenters. The Morgan fingerprint density at radius 2 is 2.03 bits per heavy atom. The van der Waals surface area contributed by atoms with Crippen LogP contribution in [-0.4, -0.2) is 36.7 Å². The zero-order chi connectivity index (χ0) is 20.8. The molecular weight excluding hydrogens is 368 g/mol. The largest absolute Gasteiger partial charge is 0.487 e. The zero-order valence-corrected chi connectivity index (χ0v) is 17.0. The van der Waals surface area contributed by atoms with Crippen LogP contribution < -0.4 is 19.7 Å². The Kier molecular flexibility index (Phi) is 6.55. The van der Waals surface area contributed by atoms with Gasteiger partial charge in [0.1, 0.15) is 17.9 Å². The maximum Gasteiger partial charge on any atom is 0.217 e. The third-order valence-corrected chi connectivity index (χ3v) is 4.70. The summed E-state index contributed by atoms with van der Waals surface area (Å²) in [5.74, 6) is 1.22. The monoisotopic (exact) mass is 394 g/mol. The van der Waals surface area contributed by atoms with Gasteiger partial charge in [-0.1, -0.05) is 19.1 Å². The van der Waals surface area contributed by atoms with E-state index in [1.165, 1.54) is 6.92 Å². The summed E-state index contributed by atoms with van der Waals surface area (Å²) in [5.41, 5.74) is 2.20. The van der Waals surface area contributed by atoms with Crippen molar-refractivity contribution in [2.45, 2.75) is 39.3 Å².